The molecule has 2 amide bonds. The summed E-state index contributed by atoms with van der Waals surface area (Å²) in [7, 11) is 0. The molecule has 9 heteroatoms. The summed E-state index contributed by atoms with van der Waals surface area (Å²) in [4.78, 5) is 39.2. The predicted molar refractivity (Wildman–Crippen MR) is 289 cm³/mol. The monoisotopic (exact) mass is 942 g/mol. The van der Waals surface area contributed by atoms with Crippen LogP contribution >= 0.6 is 0 Å². The maximum atomic E-state index is 12.9. The minimum absolute atomic E-state index is 0.0491. The van der Waals surface area contributed by atoms with Crippen LogP contribution in [0.4, 0.5) is 11.5 Å². The fourth-order valence-electron chi connectivity index (χ4n) is 11.9. The molecule has 4 aliphatic carbocycles. The number of rotatable bonds is 13. The molecular formula is C60H91N7O2. The molecule has 0 radical (unpaired) electrons. The van der Waals surface area contributed by atoms with E-state index in [-0.39, 0.29) is 34.6 Å². The number of amides is 2. The molecule has 1 unspecified atom stereocenters. The van der Waals surface area contributed by atoms with Crippen LogP contribution in [0, 0.1) is 47.3 Å². The first-order chi connectivity index (χ1) is 32.5. The number of fused-ring (bicyclic) bond motifs is 2. The van der Waals surface area contributed by atoms with Gasteiger partial charge in [0, 0.05) is 39.7 Å². The molecule has 4 aromatic rings. The normalized spacial score (nSPS) is 25.7. The van der Waals surface area contributed by atoms with Crippen LogP contribution in [0.5, 0.6) is 0 Å². The van der Waals surface area contributed by atoms with Gasteiger partial charge in [0.1, 0.15) is 12.1 Å². The second-order valence-corrected chi connectivity index (χ2v) is 25.7. The molecule has 4 saturated carbocycles. The lowest BCUT2D eigenvalue weighted by Gasteiger charge is -2.44. The molecule has 4 fully saturated rings. The van der Waals surface area contributed by atoms with Gasteiger partial charge in [0.25, 0.3) is 0 Å². The Morgan fingerprint density at radius 3 is 1.57 bits per heavy atom. The van der Waals surface area contributed by atoms with Gasteiger partial charge in [-0.1, -0.05) is 109 Å². The van der Waals surface area contributed by atoms with Crippen molar-refractivity contribution in [2.75, 3.05) is 23.7 Å². The van der Waals surface area contributed by atoms with Crippen molar-refractivity contribution in [2.45, 2.75) is 202 Å². The van der Waals surface area contributed by atoms with E-state index < -0.39 is 0 Å². The standard InChI is InChI=1S/C33H51N3O.C27H40N4O/c1-9-21(2)22-10-12-23(13-11-22)24-16-26(17-24)35-31(37)20-34-29-19-30(33(6,7)8)36-28-15-14-25(18-27(28)29)32(3,4)5;1-17(2)18-6-8-19(9-7-18)20-12-22(13-20)31-25(32)15-28-26-23-14-21(27(3,4)5)10-11-24(23)29-16-30-26/h14-15,18-19,21-24,26H,9-13,16-17,20H2,1-8H3,(H,34,36)(H,35,37);10-11,14,16-20,22H,6-9,12-13,15H2,1-5H3,(H,31,32)(H,28,29,30). The van der Waals surface area contributed by atoms with Gasteiger partial charge in [-0.3, -0.25) is 14.6 Å². The molecule has 378 valence electrons. The maximum absolute atomic E-state index is 12.9. The molecule has 9 nitrogen and oxygen atoms in total. The predicted octanol–water partition coefficient (Wildman–Crippen LogP) is 13.7. The number of carbonyl (C=O) groups excluding carboxylic acids is 2. The average molecular weight is 942 g/mol. The van der Waals surface area contributed by atoms with Gasteiger partial charge in [-0.15, -0.1) is 0 Å². The number of aromatic nitrogens is 3. The first kappa shape index (κ1) is 52.6. The van der Waals surface area contributed by atoms with Crippen molar-refractivity contribution in [1.29, 1.82) is 0 Å². The average Bonchev–Trinajstić information content (AvgIpc) is 3.28. The van der Waals surface area contributed by atoms with Gasteiger partial charge in [-0.05, 0) is 177 Å². The van der Waals surface area contributed by atoms with E-state index in [9.17, 15) is 9.59 Å². The number of benzene rings is 2. The van der Waals surface area contributed by atoms with Gasteiger partial charge in [-0.25, -0.2) is 9.97 Å². The minimum atomic E-state index is -0.0652. The van der Waals surface area contributed by atoms with Crippen LogP contribution in [0.25, 0.3) is 21.8 Å². The molecule has 2 heterocycles. The SMILES string of the molecule is CC(C)C1CCC(C2CC(NC(=O)CNc3ncnc4ccc(C(C)(C)C)cc34)C2)CC1.CCC(C)C1CCC(C2CC(NC(=O)CNc3cc(C(C)(C)C)nc4ccc(C(C)(C)C)cc34)C2)CC1. The lowest BCUT2D eigenvalue weighted by Crippen LogP contribution is -2.48. The van der Waals surface area contributed by atoms with Gasteiger partial charge >= 0.3 is 0 Å². The number of hydrogen-bond acceptors (Lipinski definition) is 7. The van der Waals surface area contributed by atoms with Crippen molar-refractivity contribution in [3.8, 4) is 0 Å². The van der Waals surface area contributed by atoms with Crippen LogP contribution in [0.3, 0.4) is 0 Å². The van der Waals surface area contributed by atoms with E-state index in [1.165, 1.54) is 68.9 Å². The Morgan fingerprint density at radius 1 is 0.580 bits per heavy atom. The molecule has 4 N–H and O–H groups in total. The Morgan fingerprint density at radius 2 is 1.07 bits per heavy atom. The molecule has 1 atom stereocenters. The van der Waals surface area contributed by atoms with Crippen LogP contribution < -0.4 is 21.3 Å². The second kappa shape index (κ2) is 22.0. The van der Waals surface area contributed by atoms with Crippen LogP contribution in [-0.4, -0.2) is 51.9 Å². The van der Waals surface area contributed by atoms with E-state index in [4.69, 9.17) is 4.98 Å². The van der Waals surface area contributed by atoms with Crippen LogP contribution in [0.15, 0.2) is 48.8 Å². The highest BCUT2D eigenvalue weighted by atomic mass is 16.2. The molecule has 0 bridgehead atoms. The summed E-state index contributed by atoms with van der Waals surface area (Å²) >= 11 is 0. The minimum Gasteiger partial charge on any atom is -0.376 e. The van der Waals surface area contributed by atoms with Crippen molar-refractivity contribution < 1.29 is 9.59 Å². The molecule has 2 aromatic heterocycles. The Hall–Kier alpha value is -4.27. The van der Waals surface area contributed by atoms with E-state index in [0.29, 0.717) is 18.6 Å². The fourth-order valence-corrected chi connectivity index (χ4v) is 11.9. The number of nitrogens with one attached hydrogen (secondary N) is 4. The van der Waals surface area contributed by atoms with E-state index in [0.717, 1.165) is 112 Å². The molecule has 0 spiro atoms. The van der Waals surface area contributed by atoms with E-state index >= 15 is 0 Å². The molecule has 0 saturated heterocycles. The third kappa shape index (κ3) is 13.6. The van der Waals surface area contributed by atoms with Crippen LogP contribution in [0.2, 0.25) is 0 Å². The quantitative estimate of drug-likeness (QED) is 0.105. The Balaban J connectivity index is 0.000000206. The summed E-state index contributed by atoms with van der Waals surface area (Å²) < 4.78 is 0. The van der Waals surface area contributed by atoms with Gasteiger partial charge in [0.05, 0.1) is 24.1 Å². The number of anilines is 2. The highest BCUT2D eigenvalue weighted by molar-refractivity contribution is 5.94. The van der Waals surface area contributed by atoms with Gasteiger partial charge in [0.15, 0.2) is 0 Å². The first-order valence-electron chi connectivity index (χ1n) is 27.3. The molecule has 4 aliphatic rings. The lowest BCUT2D eigenvalue weighted by atomic mass is 9.64. The Labute approximate surface area is 417 Å². The Kier molecular flexibility index (Phi) is 16.8. The molecular weight excluding hydrogens is 851 g/mol. The topological polar surface area (TPSA) is 121 Å². The summed E-state index contributed by atoms with van der Waals surface area (Å²) in [6.07, 6.45) is 18.6. The largest absolute Gasteiger partial charge is 0.376 e. The van der Waals surface area contributed by atoms with E-state index in [2.05, 4.69) is 158 Å². The van der Waals surface area contributed by atoms with Crippen LogP contribution in [-0.2, 0) is 25.8 Å². The fraction of sp³-hybridized carbons (Fsp3) is 0.683. The summed E-state index contributed by atoms with van der Waals surface area (Å²) in [5.74, 6) is 7.80. The molecule has 0 aliphatic heterocycles. The highest BCUT2D eigenvalue weighted by Gasteiger charge is 2.39. The lowest BCUT2D eigenvalue weighted by molar-refractivity contribution is -0.122. The van der Waals surface area contributed by atoms with Gasteiger partial charge < -0.3 is 21.3 Å². The molecule has 2 aromatic carbocycles. The van der Waals surface area contributed by atoms with Crippen LogP contribution in [0.1, 0.15) is 190 Å². The number of pyridine rings is 1. The zero-order chi connectivity index (χ0) is 49.8. The number of hydrogen-bond donors (Lipinski definition) is 4. The van der Waals surface area contributed by atoms with Crippen molar-refractivity contribution in [1.82, 2.24) is 25.6 Å². The summed E-state index contributed by atoms with van der Waals surface area (Å²) in [6.45, 7) is 29.9. The van der Waals surface area contributed by atoms with Gasteiger partial charge in [-0.2, -0.15) is 0 Å². The second-order valence-electron chi connectivity index (χ2n) is 25.7. The zero-order valence-electron chi connectivity index (χ0n) is 45.2. The third-order valence-electron chi connectivity index (χ3n) is 17.2. The summed E-state index contributed by atoms with van der Waals surface area (Å²) in [5.41, 5.74) is 6.46. The van der Waals surface area contributed by atoms with Crippen molar-refractivity contribution in [2.24, 2.45) is 47.3 Å². The highest BCUT2D eigenvalue weighted by Crippen LogP contribution is 2.46. The van der Waals surface area contributed by atoms with E-state index in [1.54, 1.807) is 6.33 Å². The van der Waals surface area contributed by atoms with Crippen molar-refractivity contribution in [3.05, 3.63) is 65.6 Å². The molecule has 69 heavy (non-hydrogen) atoms. The zero-order valence-corrected chi connectivity index (χ0v) is 45.2. The van der Waals surface area contributed by atoms with E-state index in [1.807, 2.05) is 6.07 Å². The maximum Gasteiger partial charge on any atom is 0.239 e. The Bertz CT molecular complexity index is 2340. The summed E-state index contributed by atoms with van der Waals surface area (Å²) in [6, 6.07) is 15.7. The third-order valence-corrected chi connectivity index (χ3v) is 17.2. The molecule has 8 rings (SSSR count). The smallest absolute Gasteiger partial charge is 0.239 e. The number of carbonyl (C=O) groups is 2. The van der Waals surface area contributed by atoms with Crippen molar-refractivity contribution >= 4 is 45.1 Å². The first-order valence-corrected chi connectivity index (χ1v) is 27.3. The summed E-state index contributed by atoms with van der Waals surface area (Å²) in [5, 5.41) is 15.3. The van der Waals surface area contributed by atoms with Crippen molar-refractivity contribution in [3.63, 3.8) is 0 Å². The number of nitrogens with zero attached hydrogens (tertiary/aromatic N) is 3. The van der Waals surface area contributed by atoms with Gasteiger partial charge in [0.2, 0.25) is 11.8 Å².